The van der Waals surface area contributed by atoms with Crippen molar-refractivity contribution in [2.24, 2.45) is 11.8 Å². The second-order valence-corrected chi connectivity index (χ2v) is 12.4. The summed E-state index contributed by atoms with van der Waals surface area (Å²) in [5, 5.41) is 11.8. The van der Waals surface area contributed by atoms with Crippen LogP contribution in [0, 0.1) is 11.8 Å². The lowest BCUT2D eigenvalue weighted by molar-refractivity contribution is -0.144. The minimum absolute atomic E-state index is 0.0331. The summed E-state index contributed by atoms with van der Waals surface area (Å²) in [6.07, 6.45) is 4.56. The third-order valence-corrected chi connectivity index (χ3v) is 9.37. The van der Waals surface area contributed by atoms with Crippen molar-refractivity contribution in [3.63, 3.8) is 0 Å². The number of likely N-dealkylation sites (tertiary alicyclic amines) is 1. The van der Waals surface area contributed by atoms with Crippen molar-refractivity contribution >= 4 is 29.7 Å². The van der Waals surface area contributed by atoms with Crippen molar-refractivity contribution in [3.05, 3.63) is 65.9 Å². The number of carbonyl (C=O) groups is 4. The van der Waals surface area contributed by atoms with Crippen molar-refractivity contribution in [1.82, 2.24) is 26.2 Å². The third kappa shape index (κ3) is 8.51. The molecular weight excluding hydrogens is 598 g/mol. The molecular formula is C36H49N5O6. The summed E-state index contributed by atoms with van der Waals surface area (Å²) in [6, 6.07) is 11.4. The molecule has 4 rings (SSSR count). The maximum atomic E-state index is 14.5. The minimum atomic E-state index is -1.05. The molecule has 1 unspecified atom stereocenters. The van der Waals surface area contributed by atoms with Gasteiger partial charge >= 0.3 is 0 Å². The highest BCUT2D eigenvalue weighted by molar-refractivity contribution is 5.96. The summed E-state index contributed by atoms with van der Waals surface area (Å²) in [5.74, 6) is -0.617. The number of fused-ring (bicyclic) bond motifs is 3. The molecule has 47 heavy (non-hydrogen) atoms. The molecule has 0 spiro atoms. The van der Waals surface area contributed by atoms with Crippen LogP contribution in [0.4, 0.5) is 0 Å². The summed E-state index contributed by atoms with van der Waals surface area (Å²) in [5.41, 5.74) is 1.55. The van der Waals surface area contributed by atoms with Gasteiger partial charge in [0.15, 0.2) is 0 Å². The van der Waals surface area contributed by atoms with Crippen LogP contribution in [-0.4, -0.2) is 79.5 Å². The van der Waals surface area contributed by atoms with Crippen LogP contribution in [0.1, 0.15) is 58.1 Å². The fraction of sp³-hybridized carbons (Fsp3) is 0.500. The van der Waals surface area contributed by atoms with E-state index in [1.165, 1.54) is 11.1 Å². The molecule has 4 N–H and O–H groups in total. The number of rotatable bonds is 11. The molecule has 254 valence electrons. The predicted molar refractivity (Wildman–Crippen MR) is 180 cm³/mol. The molecule has 2 bridgehead atoms. The fourth-order valence-electron chi connectivity index (χ4n) is 6.20. The molecule has 1 saturated heterocycles. The zero-order valence-electron chi connectivity index (χ0n) is 28.2. The van der Waals surface area contributed by atoms with E-state index < -0.39 is 42.1 Å². The van der Waals surface area contributed by atoms with Crippen molar-refractivity contribution in [1.29, 1.82) is 0 Å². The molecule has 2 heterocycles. The number of nitrogens with zero attached hydrogens (tertiary/aromatic N) is 1. The first kappa shape index (κ1) is 35.5. The Labute approximate surface area is 277 Å². The first-order chi connectivity index (χ1) is 22.6. The Balaban J connectivity index is 1.72. The van der Waals surface area contributed by atoms with Gasteiger partial charge in [0.25, 0.3) is 0 Å². The number of hydrogen-bond donors (Lipinski definition) is 4. The Kier molecular flexibility index (Phi) is 12.4. The third-order valence-electron chi connectivity index (χ3n) is 9.37. The zero-order chi connectivity index (χ0) is 34.1. The molecule has 11 nitrogen and oxygen atoms in total. The van der Waals surface area contributed by atoms with E-state index in [-0.39, 0.29) is 36.6 Å². The fourth-order valence-corrected chi connectivity index (χ4v) is 6.20. The van der Waals surface area contributed by atoms with Crippen molar-refractivity contribution in [2.75, 3.05) is 20.7 Å². The Morgan fingerprint density at radius 1 is 1.06 bits per heavy atom. The van der Waals surface area contributed by atoms with E-state index in [1.807, 2.05) is 58.0 Å². The van der Waals surface area contributed by atoms with E-state index >= 15 is 0 Å². The molecule has 0 aromatic heterocycles. The van der Waals surface area contributed by atoms with E-state index in [0.29, 0.717) is 29.9 Å². The predicted octanol–water partition coefficient (Wildman–Crippen LogP) is 3.04. The van der Waals surface area contributed by atoms with Crippen LogP contribution < -0.4 is 30.7 Å². The standard InChI is InChI=1S/C36H49N5O6/c1-7-22(3)30(37-5)34(43)39-27(20-24-12-10-9-11-13-24)36(45)41-19-17-29-32(41)35(44)40-31(23(4)8-2)33(42)38-18-16-25-21-26(47-29)14-15-28(25)46-6/h9-16,18,21-23,27,29-32,37H,7-8,17,19-20H2,1-6H3,(H,38,42)(H,39,43)(H,40,44)/b18-16-/t22-,23?,27-,29-,30-,31-,32-/m0/s1. The van der Waals surface area contributed by atoms with Crippen LogP contribution in [0.15, 0.2) is 54.7 Å². The van der Waals surface area contributed by atoms with Gasteiger partial charge in [-0.1, -0.05) is 70.9 Å². The number of ether oxygens (including phenoxy) is 2. The van der Waals surface area contributed by atoms with Crippen molar-refractivity contribution in [2.45, 2.75) is 83.6 Å². The highest BCUT2D eigenvalue weighted by Gasteiger charge is 2.46. The molecule has 4 amide bonds. The molecule has 0 radical (unpaired) electrons. The first-order valence-corrected chi connectivity index (χ1v) is 16.6. The summed E-state index contributed by atoms with van der Waals surface area (Å²) >= 11 is 0. The quantitative estimate of drug-likeness (QED) is 0.294. The zero-order valence-corrected chi connectivity index (χ0v) is 28.2. The lowest BCUT2D eigenvalue weighted by Crippen LogP contribution is -2.61. The van der Waals surface area contributed by atoms with E-state index in [0.717, 1.165) is 12.0 Å². The average molecular weight is 648 g/mol. The van der Waals surface area contributed by atoms with Gasteiger partial charge in [0.05, 0.1) is 13.2 Å². The number of methoxy groups -OCH3 is 1. The topological polar surface area (TPSA) is 138 Å². The molecule has 7 atom stereocenters. The van der Waals surface area contributed by atoms with Gasteiger partial charge in [-0.3, -0.25) is 19.2 Å². The van der Waals surface area contributed by atoms with E-state index in [4.69, 9.17) is 9.47 Å². The SMILES string of the molecule is CCC(C)[C@@H]1NC(=O)[C@@H]2[C@H](CCN2C(=O)[C@H](Cc2ccccc2)NC(=O)[C@@H](NC)[C@@H](C)CC)Oc2ccc(OC)c(c2)/C=C\NC1=O. The summed E-state index contributed by atoms with van der Waals surface area (Å²) in [6.45, 7) is 8.07. The van der Waals surface area contributed by atoms with Gasteiger partial charge in [0, 0.05) is 31.1 Å². The minimum Gasteiger partial charge on any atom is -0.496 e. The maximum Gasteiger partial charge on any atom is 0.247 e. The molecule has 0 saturated carbocycles. The van der Waals surface area contributed by atoms with Crippen LogP contribution in [0.25, 0.3) is 6.08 Å². The van der Waals surface area contributed by atoms with Crippen molar-refractivity contribution < 1.29 is 28.7 Å². The molecule has 2 aromatic carbocycles. The smallest absolute Gasteiger partial charge is 0.247 e. The maximum absolute atomic E-state index is 14.5. The normalized spacial score (nSPS) is 22.8. The first-order valence-electron chi connectivity index (χ1n) is 16.6. The molecule has 0 aliphatic carbocycles. The van der Waals surface area contributed by atoms with Crippen LogP contribution >= 0.6 is 0 Å². The molecule has 2 aromatic rings. The van der Waals surface area contributed by atoms with Gasteiger partial charge in [-0.15, -0.1) is 0 Å². The highest BCUT2D eigenvalue weighted by atomic mass is 16.5. The number of carbonyl (C=O) groups excluding carboxylic acids is 4. The number of benzene rings is 2. The Morgan fingerprint density at radius 2 is 1.81 bits per heavy atom. The number of likely N-dealkylation sites (N-methyl/N-ethyl adjacent to an activating group) is 1. The van der Waals surface area contributed by atoms with E-state index in [9.17, 15) is 19.2 Å². The molecule has 11 heteroatoms. The second kappa shape index (κ2) is 16.4. The van der Waals surface area contributed by atoms with Gasteiger partial charge in [0.2, 0.25) is 23.6 Å². The average Bonchev–Trinajstić information content (AvgIpc) is 3.50. The lowest BCUT2D eigenvalue weighted by atomic mass is 9.97. The summed E-state index contributed by atoms with van der Waals surface area (Å²) in [7, 11) is 3.29. The second-order valence-electron chi connectivity index (χ2n) is 12.4. The summed E-state index contributed by atoms with van der Waals surface area (Å²) < 4.78 is 11.9. The van der Waals surface area contributed by atoms with Gasteiger partial charge in [-0.05, 0) is 48.7 Å². The Bertz CT molecular complexity index is 1430. The Morgan fingerprint density at radius 3 is 2.47 bits per heavy atom. The van der Waals surface area contributed by atoms with Gasteiger partial charge < -0.3 is 35.6 Å². The van der Waals surface area contributed by atoms with Gasteiger partial charge in [0.1, 0.15) is 35.7 Å². The molecule has 2 aliphatic heterocycles. The van der Waals surface area contributed by atoms with E-state index in [2.05, 4.69) is 21.3 Å². The molecule has 2 aliphatic rings. The number of amides is 4. The van der Waals surface area contributed by atoms with Crippen molar-refractivity contribution in [3.8, 4) is 11.5 Å². The molecule has 1 fully saturated rings. The highest BCUT2D eigenvalue weighted by Crippen LogP contribution is 2.30. The van der Waals surface area contributed by atoms with Crippen LogP contribution in [0.5, 0.6) is 11.5 Å². The number of hydrogen-bond acceptors (Lipinski definition) is 7. The van der Waals surface area contributed by atoms with Gasteiger partial charge in [-0.25, -0.2) is 0 Å². The summed E-state index contributed by atoms with van der Waals surface area (Å²) in [4.78, 5) is 57.1. The largest absolute Gasteiger partial charge is 0.496 e. The van der Waals surface area contributed by atoms with Crippen LogP contribution in [-0.2, 0) is 25.6 Å². The van der Waals surface area contributed by atoms with Crippen LogP contribution in [0.3, 0.4) is 0 Å². The Hall–Kier alpha value is -4.38. The number of nitrogens with one attached hydrogen (secondary N) is 4. The lowest BCUT2D eigenvalue weighted by Gasteiger charge is -2.33. The monoisotopic (exact) mass is 647 g/mol. The van der Waals surface area contributed by atoms with Gasteiger partial charge in [-0.2, -0.15) is 0 Å². The van der Waals surface area contributed by atoms with Crippen LogP contribution in [0.2, 0.25) is 0 Å². The van der Waals surface area contributed by atoms with E-state index in [1.54, 1.807) is 38.4 Å².